The Labute approximate surface area is 311 Å². The van der Waals surface area contributed by atoms with Crippen molar-refractivity contribution in [2.24, 2.45) is 11.8 Å². The van der Waals surface area contributed by atoms with Gasteiger partial charge in [-0.15, -0.1) is 0 Å². The van der Waals surface area contributed by atoms with E-state index < -0.39 is 25.8 Å². The van der Waals surface area contributed by atoms with E-state index in [-0.39, 0.29) is 35.6 Å². The average molecular weight is 777 g/mol. The maximum absolute atomic E-state index is 6.33. The second-order valence-electron chi connectivity index (χ2n) is 16.5. The molecule has 0 spiro atoms. The van der Waals surface area contributed by atoms with Crippen molar-refractivity contribution in [3.8, 4) is 28.0 Å². The predicted octanol–water partition coefficient (Wildman–Crippen LogP) is 5.67. The Morgan fingerprint density at radius 2 is 1.25 bits per heavy atom. The minimum absolute atomic E-state index is 0. The summed E-state index contributed by atoms with van der Waals surface area (Å²) in [5.41, 5.74) is 14.6. The van der Waals surface area contributed by atoms with Crippen molar-refractivity contribution in [3.63, 3.8) is 0 Å². The number of hydrogen-bond acceptors (Lipinski definition) is 1. The fourth-order valence-electron chi connectivity index (χ4n) is 8.70. The minimum Gasteiger partial charge on any atom is -1.00 e. The van der Waals surface area contributed by atoms with Crippen molar-refractivity contribution < 1.29 is 49.9 Å². The standard InChI is InChI=1S/C21H25O.C20H23.C2H6Si.2ClH.Zr/c1-14-11-16-13-18(21(2,3)4)20(22-5)19(17(16)12-14)15-9-7-6-8-10-15;1-14-12-16-6-5-7-18(19(16)13-14)15-8-10-17(11-9-15)20(2,3)4;1-3-2;;;/h6-11,13-14H,12H2,1-5H3;5-12,14H,13H2,1-4H3;1-2H3;2*1H;/q;;;;;+2/p-2. The molecule has 0 aliphatic heterocycles. The first-order valence-electron chi connectivity index (χ1n) is 17.4. The number of fused-ring (bicyclic) bond motifs is 2. The molecule has 0 saturated carbocycles. The maximum atomic E-state index is 6.33. The molecular weight excluding hydrogens is 723 g/mol. The number of halogens is 2. The summed E-state index contributed by atoms with van der Waals surface area (Å²) >= 11 is -2.11. The van der Waals surface area contributed by atoms with Crippen molar-refractivity contribution in [1.82, 2.24) is 0 Å². The van der Waals surface area contributed by atoms with E-state index in [2.05, 4.69) is 147 Å². The van der Waals surface area contributed by atoms with Gasteiger partial charge in [-0.1, -0.05) is 0 Å². The monoisotopic (exact) mass is 774 g/mol. The van der Waals surface area contributed by atoms with E-state index in [1.807, 2.05) is 7.11 Å². The Kier molecular flexibility index (Phi) is 12.2. The molecule has 0 fully saturated rings. The number of hydrogen-bond donors (Lipinski definition) is 0. The van der Waals surface area contributed by atoms with Crippen LogP contribution in [0.3, 0.4) is 0 Å². The van der Waals surface area contributed by atoms with Crippen LogP contribution in [0.1, 0.15) is 96.0 Å². The van der Waals surface area contributed by atoms with Crippen LogP contribution >= 0.6 is 0 Å². The molecule has 0 amide bonds. The van der Waals surface area contributed by atoms with E-state index in [0.29, 0.717) is 11.8 Å². The molecule has 48 heavy (non-hydrogen) atoms. The van der Waals surface area contributed by atoms with Gasteiger partial charge in [0.05, 0.1) is 0 Å². The quantitative estimate of drug-likeness (QED) is 0.238. The zero-order valence-electron chi connectivity index (χ0n) is 30.9. The normalized spacial score (nSPS) is 19.7. The summed E-state index contributed by atoms with van der Waals surface area (Å²) in [4.78, 5) is 0. The third-order valence-corrected chi connectivity index (χ3v) is 31.8. The van der Waals surface area contributed by atoms with Crippen molar-refractivity contribution >= 4 is 5.43 Å². The summed E-state index contributed by atoms with van der Waals surface area (Å²) in [5.74, 6) is 2.48. The van der Waals surface area contributed by atoms with Gasteiger partial charge < -0.3 is 24.8 Å². The van der Waals surface area contributed by atoms with Gasteiger partial charge in [0, 0.05) is 0 Å². The maximum Gasteiger partial charge on any atom is -1.00 e. The first-order valence-corrected chi connectivity index (χ1v) is 26.4. The number of methoxy groups -OCH3 is 1. The van der Waals surface area contributed by atoms with Crippen LogP contribution in [-0.4, -0.2) is 12.5 Å². The van der Waals surface area contributed by atoms with Gasteiger partial charge in [0.2, 0.25) is 0 Å². The van der Waals surface area contributed by atoms with Gasteiger partial charge >= 0.3 is 289 Å². The van der Waals surface area contributed by atoms with Gasteiger partial charge in [-0.05, 0) is 0 Å². The molecule has 0 saturated heterocycles. The molecule has 4 atom stereocenters. The topological polar surface area (TPSA) is 9.23 Å². The first kappa shape index (κ1) is 39.2. The van der Waals surface area contributed by atoms with E-state index in [0.717, 1.165) is 13.0 Å². The number of rotatable bonds is 5. The molecule has 0 radical (unpaired) electrons. The summed E-state index contributed by atoms with van der Waals surface area (Å²) in [6.07, 6.45) is 2.38. The van der Waals surface area contributed by atoms with Crippen molar-refractivity contribution in [3.05, 3.63) is 112 Å². The molecule has 0 bridgehead atoms. The smallest absolute Gasteiger partial charge is 1.00 e. The summed E-state index contributed by atoms with van der Waals surface area (Å²) in [5, 5.41) is 0. The van der Waals surface area contributed by atoms with Gasteiger partial charge in [-0.25, -0.2) is 0 Å². The Morgan fingerprint density at radius 3 is 1.79 bits per heavy atom. The van der Waals surface area contributed by atoms with E-state index in [9.17, 15) is 0 Å². The Balaban J connectivity index is 0.00000260. The molecule has 0 heterocycles. The van der Waals surface area contributed by atoms with Gasteiger partial charge in [0.25, 0.3) is 0 Å². The van der Waals surface area contributed by atoms with Crippen LogP contribution in [0.15, 0.2) is 78.9 Å². The molecule has 4 aromatic rings. The summed E-state index contributed by atoms with van der Waals surface area (Å²) in [6.45, 7) is 24.5. The molecular formula is C43H54Cl2OSiZr. The molecule has 0 aromatic heterocycles. The molecule has 6 rings (SSSR count). The van der Waals surface area contributed by atoms with Crippen LogP contribution in [0.2, 0.25) is 13.1 Å². The molecule has 1 nitrogen and oxygen atoms in total. The minimum atomic E-state index is -2.11. The largest absolute Gasteiger partial charge is 1.00 e. The molecule has 4 unspecified atom stereocenters. The van der Waals surface area contributed by atoms with Gasteiger partial charge in [0.15, 0.2) is 0 Å². The van der Waals surface area contributed by atoms with Crippen LogP contribution in [0.5, 0.6) is 5.75 Å². The predicted molar refractivity (Wildman–Crippen MR) is 196 cm³/mol. The molecule has 2 aliphatic carbocycles. The van der Waals surface area contributed by atoms with Gasteiger partial charge in [-0.2, -0.15) is 0 Å². The molecule has 2 aliphatic rings. The van der Waals surface area contributed by atoms with Crippen LogP contribution in [0.4, 0.5) is 0 Å². The second-order valence-corrected chi connectivity index (χ2v) is 34.6. The number of benzene rings is 4. The third-order valence-electron chi connectivity index (χ3n) is 10.9. The van der Waals surface area contributed by atoms with Crippen LogP contribution in [0, 0.1) is 11.8 Å². The summed E-state index contributed by atoms with van der Waals surface area (Å²) in [7, 11) is 1.88. The summed E-state index contributed by atoms with van der Waals surface area (Å²) < 4.78 is 7.84. The first-order chi connectivity index (χ1) is 21.7. The zero-order chi connectivity index (χ0) is 33.1. The zero-order valence-corrected chi connectivity index (χ0v) is 35.9. The van der Waals surface area contributed by atoms with Gasteiger partial charge in [-0.3, -0.25) is 0 Å². The third kappa shape index (κ3) is 7.10. The van der Waals surface area contributed by atoms with Crippen LogP contribution in [-0.2, 0) is 44.0 Å². The fourth-order valence-corrected chi connectivity index (χ4v) is 31.8. The van der Waals surface area contributed by atoms with Gasteiger partial charge in [0.1, 0.15) is 0 Å². The average Bonchev–Trinajstić information content (AvgIpc) is 3.51. The Hall–Kier alpha value is -1.64. The Morgan fingerprint density at radius 1 is 0.667 bits per heavy atom. The van der Waals surface area contributed by atoms with Crippen LogP contribution < -0.4 is 29.6 Å². The van der Waals surface area contributed by atoms with E-state index >= 15 is 0 Å². The van der Waals surface area contributed by atoms with Crippen molar-refractivity contribution in [2.45, 2.75) is 99.4 Å². The molecule has 4 aromatic carbocycles. The molecule has 0 N–H and O–H groups in total. The second kappa shape index (κ2) is 14.9. The molecule has 5 heteroatoms. The number of ether oxygens (including phenoxy) is 1. The molecule has 254 valence electrons. The summed E-state index contributed by atoms with van der Waals surface area (Å²) in [6, 6.07) is 30.5. The van der Waals surface area contributed by atoms with E-state index in [4.69, 9.17) is 4.74 Å². The van der Waals surface area contributed by atoms with Crippen LogP contribution in [0.25, 0.3) is 22.3 Å². The van der Waals surface area contributed by atoms with Crippen molar-refractivity contribution in [2.75, 3.05) is 7.11 Å². The van der Waals surface area contributed by atoms with E-state index in [1.165, 1.54) is 46.2 Å². The Bertz CT molecular complexity index is 1790. The fraction of sp³-hybridized carbons (Fsp3) is 0.442. The van der Waals surface area contributed by atoms with Crippen molar-refractivity contribution in [1.29, 1.82) is 0 Å². The van der Waals surface area contributed by atoms with E-state index in [1.54, 1.807) is 22.3 Å². The SMILES string of the molecule is COc1c(C(C)(C)C)cc2c(c1-c1ccccc1)CC(C)[CH]2[Zr+2]([CH]1c2cccc(-c3ccc(C(C)(C)C)cc3)c2CC1C)=[Si](C)C.[Cl-].[Cl-].